The fourth-order valence-corrected chi connectivity index (χ4v) is 1.68. The van der Waals surface area contributed by atoms with Gasteiger partial charge in [0.05, 0.1) is 0 Å². The van der Waals surface area contributed by atoms with Crippen LogP contribution in [0.3, 0.4) is 0 Å². The molecule has 2 rings (SSSR count). The number of carbonyl (C=O) groups is 1. The zero-order valence-electron chi connectivity index (χ0n) is 8.69. The van der Waals surface area contributed by atoms with Crippen LogP contribution in [-0.4, -0.2) is 6.29 Å². The number of hydrogen-bond donors (Lipinski definition) is 0. The molecule has 0 atom stereocenters. The molecular formula is C14H11FO. The third-order valence-electron chi connectivity index (χ3n) is 2.47. The first kappa shape index (κ1) is 10.6. The van der Waals surface area contributed by atoms with Crippen LogP contribution in [0.1, 0.15) is 21.5 Å². The van der Waals surface area contributed by atoms with Crippen molar-refractivity contribution in [1.29, 1.82) is 0 Å². The maximum atomic E-state index is 13.0. The van der Waals surface area contributed by atoms with E-state index < -0.39 is 0 Å². The Bertz CT molecular complexity index is 506. The van der Waals surface area contributed by atoms with E-state index in [1.807, 2.05) is 24.3 Å². The number of hydrogen-bond acceptors (Lipinski definition) is 1. The average Bonchev–Trinajstić information content (AvgIpc) is 2.30. The predicted molar refractivity (Wildman–Crippen MR) is 61.0 cm³/mol. The van der Waals surface area contributed by atoms with Crippen LogP contribution in [-0.2, 0) is 6.42 Å². The number of rotatable bonds is 3. The molecule has 0 spiro atoms. The van der Waals surface area contributed by atoms with Crippen molar-refractivity contribution < 1.29 is 9.18 Å². The highest BCUT2D eigenvalue weighted by atomic mass is 19.1. The topological polar surface area (TPSA) is 17.1 Å². The highest BCUT2D eigenvalue weighted by Gasteiger charge is 2.02. The lowest BCUT2D eigenvalue weighted by Gasteiger charge is -2.04. The lowest BCUT2D eigenvalue weighted by molar-refractivity contribution is 0.112. The number of benzene rings is 2. The first-order valence-electron chi connectivity index (χ1n) is 5.07. The van der Waals surface area contributed by atoms with E-state index in [0.29, 0.717) is 12.0 Å². The van der Waals surface area contributed by atoms with Crippen LogP contribution in [0.2, 0.25) is 0 Å². The van der Waals surface area contributed by atoms with E-state index >= 15 is 0 Å². The Balaban J connectivity index is 2.30. The normalized spacial score (nSPS) is 10.1. The molecule has 0 aliphatic carbocycles. The van der Waals surface area contributed by atoms with E-state index in [0.717, 1.165) is 17.4 Å². The number of halogens is 1. The van der Waals surface area contributed by atoms with Crippen LogP contribution in [0.15, 0.2) is 48.5 Å². The van der Waals surface area contributed by atoms with Crippen molar-refractivity contribution in [3.05, 3.63) is 71.0 Å². The van der Waals surface area contributed by atoms with Crippen LogP contribution < -0.4 is 0 Å². The van der Waals surface area contributed by atoms with Gasteiger partial charge in [0.25, 0.3) is 0 Å². The molecule has 0 aliphatic rings. The molecule has 0 unspecified atom stereocenters. The molecule has 2 heteroatoms. The van der Waals surface area contributed by atoms with Gasteiger partial charge in [-0.2, -0.15) is 0 Å². The third-order valence-corrected chi connectivity index (χ3v) is 2.47. The smallest absolute Gasteiger partial charge is 0.150 e. The minimum absolute atomic E-state index is 0.249. The lowest BCUT2D eigenvalue weighted by Crippen LogP contribution is -1.94. The van der Waals surface area contributed by atoms with Gasteiger partial charge >= 0.3 is 0 Å². The molecule has 0 aromatic heterocycles. The van der Waals surface area contributed by atoms with Crippen LogP contribution in [0.25, 0.3) is 0 Å². The summed E-state index contributed by atoms with van der Waals surface area (Å²) in [4.78, 5) is 10.8. The van der Waals surface area contributed by atoms with Crippen LogP contribution >= 0.6 is 0 Å². The van der Waals surface area contributed by atoms with Crippen molar-refractivity contribution in [3.63, 3.8) is 0 Å². The molecule has 0 aliphatic heterocycles. The second-order valence-electron chi connectivity index (χ2n) is 3.62. The van der Waals surface area contributed by atoms with Gasteiger partial charge in [-0.3, -0.25) is 4.79 Å². The largest absolute Gasteiger partial charge is 0.298 e. The van der Waals surface area contributed by atoms with E-state index in [1.54, 1.807) is 12.1 Å². The van der Waals surface area contributed by atoms with Gasteiger partial charge in [0, 0.05) is 5.56 Å². The fraction of sp³-hybridized carbons (Fsp3) is 0.0714. The maximum absolute atomic E-state index is 13.0. The molecule has 0 radical (unpaired) electrons. The van der Waals surface area contributed by atoms with Crippen molar-refractivity contribution in [2.75, 3.05) is 0 Å². The Morgan fingerprint density at radius 1 is 1.06 bits per heavy atom. The Labute approximate surface area is 93.5 Å². The zero-order valence-corrected chi connectivity index (χ0v) is 8.69. The first-order chi connectivity index (χ1) is 7.79. The van der Waals surface area contributed by atoms with Crippen molar-refractivity contribution in [2.24, 2.45) is 0 Å². The third kappa shape index (κ3) is 2.34. The van der Waals surface area contributed by atoms with Gasteiger partial charge in [-0.25, -0.2) is 4.39 Å². The molecule has 2 aromatic carbocycles. The molecule has 0 N–H and O–H groups in total. The molecule has 0 amide bonds. The van der Waals surface area contributed by atoms with E-state index in [1.165, 1.54) is 12.1 Å². The highest BCUT2D eigenvalue weighted by Crippen LogP contribution is 2.13. The second-order valence-corrected chi connectivity index (χ2v) is 3.62. The number of aldehydes is 1. The minimum Gasteiger partial charge on any atom is -0.298 e. The van der Waals surface area contributed by atoms with Gasteiger partial charge in [-0.15, -0.1) is 0 Å². The summed E-state index contributed by atoms with van der Waals surface area (Å²) in [7, 11) is 0. The standard InChI is InChI=1S/C14H11FO/c15-14-7-3-4-11(9-14)8-12-5-1-2-6-13(12)10-16/h1-7,9-10H,8H2. The molecule has 1 nitrogen and oxygen atoms in total. The predicted octanol–water partition coefficient (Wildman–Crippen LogP) is 3.23. The van der Waals surface area contributed by atoms with E-state index in [-0.39, 0.29) is 5.82 Å². The van der Waals surface area contributed by atoms with Gasteiger partial charge < -0.3 is 0 Å². The Morgan fingerprint density at radius 3 is 2.62 bits per heavy atom. The van der Waals surface area contributed by atoms with E-state index in [2.05, 4.69) is 0 Å². The zero-order chi connectivity index (χ0) is 11.4. The summed E-state index contributed by atoms with van der Waals surface area (Å²) in [5.41, 5.74) is 2.45. The van der Waals surface area contributed by atoms with Gasteiger partial charge in [0.2, 0.25) is 0 Å². The van der Waals surface area contributed by atoms with Crippen molar-refractivity contribution in [2.45, 2.75) is 6.42 Å². The summed E-state index contributed by atoms with van der Waals surface area (Å²) >= 11 is 0. The second kappa shape index (κ2) is 4.71. The van der Waals surface area contributed by atoms with Gasteiger partial charge in [0.15, 0.2) is 0 Å². The van der Waals surface area contributed by atoms with Gasteiger partial charge in [-0.05, 0) is 29.7 Å². The Hall–Kier alpha value is -1.96. The molecule has 80 valence electrons. The van der Waals surface area contributed by atoms with Gasteiger partial charge in [-0.1, -0.05) is 36.4 Å². The van der Waals surface area contributed by atoms with E-state index in [4.69, 9.17) is 0 Å². The highest BCUT2D eigenvalue weighted by molar-refractivity contribution is 5.77. The summed E-state index contributed by atoms with van der Waals surface area (Å²) in [6.07, 6.45) is 1.40. The molecule has 0 heterocycles. The minimum atomic E-state index is -0.249. The van der Waals surface area contributed by atoms with Crippen LogP contribution in [0, 0.1) is 5.82 Å². The summed E-state index contributed by atoms with van der Waals surface area (Å²) in [6.45, 7) is 0. The van der Waals surface area contributed by atoms with Gasteiger partial charge in [0.1, 0.15) is 12.1 Å². The summed E-state index contributed by atoms with van der Waals surface area (Å²) < 4.78 is 13.0. The lowest BCUT2D eigenvalue weighted by atomic mass is 10.0. The quantitative estimate of drug-likeness (QED) is 0.717. The summed E-state index contributed by atoms with van der Waals surface area (Å²) in [5, 5.41) is 0. The van der Waals surface area contributed by atoms with Crippen molar-refractivity contribution >= 4 is 6.29 Å². The summed E-state index contributed by atoms with van der Waals surface area (Å²) in [6, 6.07) is 13.8. The maximum Gasteiger partial charge on any atom is 0.150 e. The average molecular weight is 214 g/mol. The van der Waals surface area contributed by atoms with Crippen LogP contribution in [0.5, 0.6) is 0 Å². The fourth-order valence-electron chi connectivity index (χ4n) is 1.68. The SMILES string of the molecule is O=Cc1ccccc1Cc1cccc(F)c1. The first-order valence-corrected chi connectivity index (χ1v) is 5.07. The molecular weight excluding hydrogens is 203 g/mol. The Morgan fingerprint density at radius 2 is 1.88 bits per heavy atom. The van der Waals surface area contributed by atoms with E-state index in [9.17, 15) is 9.18 Å². The molecule has 0 saturated carbocycles. The Kier molecular flexibility index (Phi) is 3.10. The van der Waals surface area contributed by atoms with Crippen molar-refractivity contribution in [3.8, 4) is 0 Å². The monoisotopic (exact) mass is 214 g/mol. The molecule has 0 bridgehead atoms. The summed E-state index contributed by atoms with van der Waals surface area (Å²) in [5.74, 6) is -0.249. The van der Waals surface area contributed by atoms with Crippen molar-refractivity contribution in [1.82, 2.24) is 0 Å². The molecule has 2 aromatic rings. The van der Waals surface area contributed by atoms with Crippen LogP contribution in [0.4, 0.5) is 4.39 Å². The molecule has 16 heavy (non-hydrogen) atoms. The number of carbonyl (C=O) groups excluding carboxylic acids is 1. The molecule has 0 fully saturated rings. The molecule has 0 saturated heterocycles.